The van der Waals surface area contributed by atoms with Gasteiger partial charge in [0.25, 0.3) is 5.91 Å². The molecule has 1 aliphatic rings. The molecule has 1 unspecified atom stereocenters. The highest BCUT2D eigenvalue weighted by molar-refractivity contribution is 6.35. The summed E-state index contributed by atoms with van der Waals surface area (Å²) in [7, 11) is 1.27. The minimum absolute atomic E-state index is 0.160. The van der Waals surface area contributed by atoms with Crippen molar-refractivity contribution in [3.05, 3.63) is 95.7 Å². The molecular formula is C32H35N5O5. The Kier molecular flexibility index (Phi) is 9.94. The van der Waals surface area contributed by atoms with Gasteiger partial charge in [-0.05, 0) is 67.3 Å². The number of hydrazone groups is 1. The lowest BCUT2D eigenvalue weighted by Crippen LogP contribution is -2.40. The van der Waals surface area contributed by atoms with Crippen LogP contribution >= 0.6 is 0 Å². The Hall–Kier alpha value is -5.12. The highest BCUT2D eigenvalue weighted by Gasteiger charge is 2.39. The summed E-state index contributed by atoms with van der Waals surface area (Å²) in [6, 6.07) is 20.9. The molecule has 0 aliphatic carbocycles. The zero-order chi connectivity index (χ0) is 30.1. The number of rotatable bonds is 11. The lowest BCUT2D eigenvalue weighted by molar-refractivity contribution is -0.142. The molecular weight excluding hydrogens is 534 g/mol. The third kappa shape index (κ3) is 6.77. The maximum Gasteiger partial charge on any atom is 0.411 e. The Bertz CT molecular complexity index is 1500. The molecule has 1 atom stereocenters. The molecule has 0 radical (unpaired) electrons. The van der Waals surface area contributed by atoms with Gasteiger partial charge in [-0.2, -0.15) is 10.1 Å². The van der Waals surface area contributed by atoms with Crippen molar-refractivity contribution in [1.29, 1.82) is 0 Å². The maximum absolute atomic E-state index is 13.9. The molecule has 3 N–H and O–H groups in total. The number of carbonyl (C=O) groups excluding carboxylic acids is 3. The molecule has 0 saturated carbocycles. The minimum Gasteiger partial charge on any atom is -0.464 e. The van der Waals surface area contributed by atoms with E-state index in [0.29, 0.717) is 11.4 Å². The van der Waals surface area contributed by atoms with Crippen LogP contribution in [0.1, 0.15) is 31.9 Å². The fraction of sp³-hybridized carbons (Fsp3) is 0.250. The first-order chi connectivity index (χ1) is 20.4. The smallest absolute Gasteiger partial charge is 0.411 e. The minimum atomic E-state index is -1.07. The van der Waals surface area contributed by atoms with E-state index >= 15 is 0 Å². The standard InChI is InChI=1S/C32H35N5O5/c1-5-21-12-8-10-14-26(21)33-20-25-28(29(31(39)42-7-3)35-27-15-11-9-13-22(27)6-2)36-37(30(25)38)24-18-16-23(17-19-24)34-32(40)41-4/h8-20,29,33,35H,5-7H2,1-4H3,(H,34,40). The van der Waals surface area contributed by atoms with Crippen molar-refractivity contribution in [1.82, 2.24) is 0 Å². The number of anilines is 4. The Labute approximate surface area is 245 Å². The highest BCUT2D eigenvalue weighted by atomic mass is 16.5. The normalized spacial score (nSPS) is 14.3. The van der Waals surface area contributed by atoms with Crippen LogP contribution in [0, 0.1) is 0 Å². The van der Waals surface area contributed by atoms with Gasteiger partial charge in [-0.3, -0.25) is 10.1 Å². The molecule has 0 saturated heterocycles. The zero-order valence-electron chi connectivity index (χ0n) is 24.1. The lowest BCUT2D eigenvalue weighted by atomic mass is 10.0. The van der Waals surface area contributed by atoms with E-state index in [1.54, 1.807) is 37.4 Å². The van der Waals surface area contributed by atoms with Crippen molar-refractivity contribution in [2.24, 2.45) is 5.10 Å². The number of esters is 1. The number of methoxy groups -OCH3 is 1. The van der Waals surface area contributed by atoms with Crippen LogP contribution in [-0.4, -0.2) is 43.4 Å². The maximum atomic E-state index is 13.9. The van der Waals surface area contributed by atoms with E-state index in [4.69, 9.17) is 4.74 Å². The van der Waals surface area contributed by atoms with Gasteiger partial charge in [0.2, 0.25) is 0 Å². The van der Waals surface area contributed by atoms with Gasteiger partial charge in [-0.25, -0.2) is 9.59 Å². The quantitative estimate of drug-likeness (QED) is 0.199. The van der Waals surface area contributed by atoms with Gasteiger partial charge in [0.15, 0.2) is 6.04 Å². The first-order valence-electron chi connectivity index (χ1n) is 13.8. The summed E-state index contributed by atoms with van der Waals surface area (Å²) in [5.41, 5.74) is 5.00. The molecule has 3 aromatic carbocycles. The van der Waals surface area contributed by atoms with Crippen molar-refractivity contribution < 1.29 is 23.9 Å². The average molecular weight is 570 g/mol. The second-order valence-corrected chi connectivity index (χ2v) is 9.32. The number of carbonyl (C=O) groups is 3. The summed E-state index contributed by atoms with van der Waals surface area (Å²) >= 11 is 0. The third-order valence-corrected chi connectivity index (χ3v) is 6.71. The number of para-hydroxylation sites is 2. The molecule has 10 heteroatoms. The fourth-order valence-corrected chi connectivity index (χ4v) is 4.52. The third-order valence-electron chi connectivity index (χ3n) is 6.71. The highest BCUT2D eigenvalue weighted by Crippen LogP contribution is 2.29. The molecule has 3 aromatic rings. The summed E-state index contributed by atoms with van der Waals surface area (Å²) in [6.45, 7) is 5.96. The number of amides is 2. The second kappa shape index (κ2) is 14.0. The molecule has 10 nitrogen and oxygen atoms in total. The number of aryl methyl sites for hydroxylation is 2. The number of nitrogens with zero attached hydrogens (tertiary/aromatic N) is 2. The zero-order valence-corrected chi connectivity index (χ0v) is 24.1. The Morgan fingerprint density at radius 3 is 2.14 bits per heavy atom. The van der Waals surface area contributed by atoms with Gasteiger partial charge in [0.05, 0.1) is 25.0 Å². The predicted octanol–water partition coefficient (Wildman–Crippen LogP) is 5.73. The first-order valence-corrected chi connectivity index (χ1v) is 13.8. The van der Waals surface area contributed by atoms with E-state index in [-0.39, 0.29) is 17.9 Å². The fourth-order valence-electron chi connectivity index (χ4n) is 4.52. The molecule has 0 fully saturated rings. The van der Waals surface area contributed by atoms with Crippen LogP contribution in [0.3, 0.4) is 0 Å². The largest absolute Gasteiger partial charge is 0.464 e. The first kappa shape index (κ1) is 29.9. The van der Waals surface area contributed by atoms with Crippen LogP contribution in [0.4, 0.5) is 27.5 Å². The van der Waals surface area contributed by atoms with Crippen molar-refractivity contribution in [3.63, 3.8) is 0 Å². The number of hydrogen-bond acceptors (Lipinski definition) is 8. The van der Waals surface area contributed by atoms with Crippen molar-refractivity contribution in [3.8, 4) is 0 Å². The van der Waals surface area contributed by atoms with E-state index in [9.17, 15) is 14.4 Å². The molecule has 1 aliphatic heterocycles. The van der Waals surface area contributed by atoms with E-state index < -0.39 is 24.0 Å². The Balaban J connectivity index is 1.77. The van der Waals surface area contributed by atoms with Crippen LogP contribution in [0.2, 0.25) is 0 Å². The molecule has 218 valence electrons. The van der Waals surface area contributed by atoms with Gasteiger partial charge in [-0.15, -0.1) is 0 Å². The summed E-state index contributed by atoms with van der Waals surface area (Å²) in [5.74, 6) is -0.991. The molecule has 42 heavy (non-hydrogen) atoms. The Morgan fingerprint density at radius 2 is 1.52 bits per heavy atom. The van der Waals surface area contributed by atoms with Crippen LogP contribution in [0.15, 0.2) is 89.7 Å². The lowest BCUT2D eigenvalue weighted by Gasteiger charge is -2.20. The number of nitrogens with one attached hydrogen (secondary N) is 3. The summed E-state index contributed by atoms with van der Waals surface area (Å²) < 4.78 is 10.1. The Morgan fingerprint density at radius 1 is 0.905 bits per heavy atom. The van der Waals surface area contributed by atoms with Crippen molar-refractivity contribution in [2.75, 3.05) is 34.7 Å². The summed E-state index contributed by atoms with van der Waals surface area (Å²) in [4.78, 5) is 38.9. The molecule has 0 spiro atoms. The molecule has 1 heterocycles. The second-order valence-electron chi connectivity index (χ2n) is 9.32. The summed E-state index contributed by atoms with van der Waals surface area (Å²) in [5, 5.41) is 15.0. The van der Waals surface area contributed by atoms with E-state index in [1.165, 1.54) is 12.1 Å². The van der Waals surface area contributed by atoms with Crippen molar-refractivity contribution >= 4 is 46.4 Å². The van der Waals surface area contributed by atoms with Gasteiger partial charge in [-0.1, -0.05) is 50.2 Å². The number of hydrogen-bond donors (Lipinski definition) is 3. The molecule has 4 rings (SSSR count). The topological polar surface area (TPSA) is 121 Å². The van der Waals surface area contributed by atoms with Gasteiger partial charge in [0.1, 0.15) is 5.71 Å². The van der Waals surface area contributed by atoms with Crippen LogP contribution < -0.4 is 21.0 Å². The van der Waals surface area contributed by atoms with Crippen LogP contribution in [0.5, 0.6) is 0 Å². The van der Waals surface area contributed by atoms with Gasteiger partial charge in [0, 0.05) is 23.3 Å². The van der Waals surface area contributed by atoms with E-state index in [0.717, 1.165) is 35.3 Å². The molecule has 0 aromatic heterocycles. The monoisotopic (exact) mass is 569 g/mol. The van der Waals surface area contributed by atoms with E-state index in [1.807, 2.05) is 62.4 Å². The molecule has 2 amide bonds. The van der Waals surface area contributed by atoms with Crippen LogP contribution in [-0.2, 0) is 31.9 Å². The summed E-state index contributed by atoms with van der Waals surface area (Å²) in [6.07, 6.45) is 2.50. The average Bonchev–Trinajstić information content (AvgIpc) is 3.34. The number of benzene rings is 3. The molecule has 0 bridgehead atoms. The van der Waals surface area contributed by atoms with Crippen molar-refractivity contribution in [2.45, 2.75) is 39.7 Å². The SMILES string of the molecule is CCOC(=O)C(Nc1ccccc1CC)C1=NN(c2ccc(NC(=O)OC)cc2)C(=O)C1=CNc1ccccc1CC. The van der Waals surface area contributed by atoms with Gasteiger partial charge >= 0.3 is 12.1 Å². The van der Waals surface area contributed by atoms with Crippen LogP contribution in [0.25, 0.3) is 0 Å². The number of ether oxygens (including phenoxy) is 2. The van der Waals surface area contributed by atoms with E-state index in [2.05, 4.69) is 25.8 Å². The predicted molar refractivity (Wildman–Crippen MR) is 165 cm³/mol. The van der Waals surface area contributed by atoms with Gasteiger partial charge < -0.3 is 20.1 Å².